The van der Waals surface area contributed by atoms with Crippen molar-refractivity contribution in [1.82, 2.24) is 15.0 Å². The summed E-state index contributed by atoms with van der Waals surface area (Å²) in [7, 11) is 0. The van der Waals surface area contributed by atoms with E-state index in [0.717, 1.165) is 25.7 Å². The summed E-state index contributed by atoms with van der Waals surface area (Å²) in [5.74, 6) is 0. The zero-order chi connectivity index (χ0) is 8.39. The molecule has 0 amide bonds. The minimum Gasteiger partial charge on any atom is -0.328 e. The second-order valence-electron chi connectivity index (χ2n) is 3.45. The van der Waals surface area contributed by atoms with E-state index in [0.29, 0.717) is 12.1 Å². The number of rotatable bonds is 1. The average Bonchev–Trinajstić information content (AvgIpc) is 2.58. The fourth-order valence-corrected chi connectivity index (χ4v) is 1.78. The van der Waals surface area contributed by atoms with Crippen molar-refractivity contribution < 1.29 is 0 Å². The lowest BCUT2D eigenvalue weighted by Gasteiger charge is -2.25. The molecule has 1 aliphatic carbocycles. The van der Waals surface area contributed by atoms with Gasteiger partial charge in [0.1, 0.15) is 0 Å². The van der Waals surface area contributed by atoms with Crippen molar-refractivity contribution in [3.63, 3.8) is 0 Å². The van der Waals surface area contributed by atoms with Crippen LogP contribution in [0.5, 0.6) is 0 Å². The van der Waals surface area contributed by atoms with Crippen LogP contribution in [0.2, 0.25) is 0 Å². The molecule has 82 valence electrons. The third-order valence-corrected chi connectivity index (χ3v) is 2.56. The van der Waals surface area contributed by atoms with E-state index in [4.69, 9.17) is 5.73 Å². The fourth-order valence-electron chi connectivity index (χ4n) is 1.78. The molecule has 1 saturated carbocycles. The lowest BCUT2D eigenvalue weighted by atomic mass is 9.92. The van der Waals surface area contributed by atoms with E-state index >= 15 is 0 Å². The Morgan fingerprint density at radius 3 is 2.29 bits per heavy atom. The quantitative estimate of drug-likeness (QED) is 0.809. The van der Waals surface area contributed by atoms with Gasteiger partial charge in [-0.2, -0.15) is 0 Å². The number of nitrogens with two attached hydrogens (primary N) is 1. The first-order valence-electron chi connectivity index (χ1n) is 4.47. The van der Waals surface area contributed by atoms with Crippen LogP contribution in [0.1, 0.15) is 31.7 Å². The van der Waals surface area contributed by atoms with Crippen molar-refractivity contribution in [2.45, 2.75) is 37.8 Å². The van der Waals surface area contributed by atoms with E-state index in [-0.39, 0.29) is 24.8 Å². The zero-order valence-electron chi connectivity index (χ0n) is 7.87. The summed E-state index contributed by atoms with van der Waals surface area (Å²) in [5.41, 5.74) is 5.81. The lowest BCUT2D eigenvalue weighted by molar-refractivity contribution is 0.300. The van der Waals surface area contributed by atoms with Gasteiger partial charge in [0.05, 0.1) is 12.2 Å². The van der Waals surface area contributed by atoms with Gasteiger partial charge in [0.2, 0.25) is 0 Å². The molecule has 0 spiro atoms. The minimum atomic E-state index is 0. The van der Waals surface area contributed by atoms with Crippen LogP contribution in [-0.4, -0.2) is 21.0 Å². The molecule has 6 heteroatoms. The van der Waals surface area contributed by atoms with Crippen LogP contribution in [0, 0.1) is 0 Å². The standard InChI is InChI=1S/C8H14N4.2ClH/c9-7-1-3-8(4-2-7)12-6-5-10-11-12;;/h5-8H,1-4,9H2;2*1H. The number of nitrogens with zero attached hydrogens (tertiary/aromatic N) is 3. The highest BCUT2D eigenvalue weighted by Crippen LogP contribution is 2.26. The first kappa shape index (κ1) is 13.7. The lowest BCUT2D eigenvalue weighted by Crippen LogP contribution is -2.28. The van der Waals surface area contributed by atoms with E-state index in [1.807, 2.05) is 10.9 Å². The Labute approximate surface area is 96.1 Å². The Kier molecular flexibility index (Phi) is 6.08. The number of hydrogen-bond acceptors (Lipinski definition) is 3. The van der Waals surface area contributed by atoms with E-state index in [1.54, 1.807) is 6.20 Å². The summed E-state index contributed by atoms with van der Waals surface area (Å²) < 4.78 is 1.95. The average molecular weight is 239 g/mol. The summed E-state index contributed by atoms with van der Waals surface area (Å²) in [6.07, 6.45) is 8.18. The van der Waals surface area contributed by atoms with Crippen molar-refractivity contribution in [2.24, 2.45) is 5.73 Å². The molecule has 4 nitrogen and oxygen atoms in total. The summed E-state index contributed by atoms with van der Waals surface area (Å²) in [5, 5.41) is 7.79. The van der Waals surface area contributed by atoms with Gasteiger partial charge < -0.3 is 5.73 Å². The van der Waals surface area contributed by atoms with Gasteiger partial charge in [-0.15, -0.1) is 29.9 Å². The number of aromatic nitrogens is 3. The molecule has 1 fully saturated rings. The maximum Gasteiger partial charge on any atom is 0.0693 e. The normalized spacial score (nSPS) is 26.1. The second-order valence-corrected chi connectivity index (χ2v) is 3.45. The molecular weight excluding hydrogens is 223 g/mol. The van der Waals surface area contributed by atoms with Crippen molar-refractivity contribution in [3.05, 3.63) is 12.4 Å². The summed E-state index contributed by atoms with van der Waals surface area (Å²) in [6, 6.07) is 0.942. The summed E-state index contributed by atoms with van der Waals surface area (Å²) in [4.78, 5) is 0. The predicted molar refractivity (Wildman–Crippen MR) is 60.0 cm³/mol. The maximum absolute atomic E-state index is 5.81. The minimum absolute atomic E-state index is 0. The van der Waals surface area contributed by atoms with Crippen LogP contribution < -0.4 is 5.73 Å². The molecule has 0 radical (unpaired) electrons. The number of hydrogen-bond donors (Lipinski definition) is 1. The Morgan fingerprint density at radius 1 is 1.14 bits per heavy atom. The first-order valence-corrected chi connectivity index (χ1v) is 4.47. The summed E-state index contributed by atoms with van der Waals surface area (Å²) >= 11 is 0. The molecule has 2 N–H and O–H groups in total. The van der Waals surface area contributed by atoms with Crippen LogP contribution in [0.4, 0.5) is 0 Å². The topological polar surface area (TPSA) is 56.7 Å². The third-order valence-electron chi connectivity index (χ3n) is 2.56. The SMILES string of the molecule is Cl.Cl.NC1CCC(n2ccnn2)CC1. The highest BCUT2D eigenvalue weighted by atomic mass is 35.5. The molecule has 0 aliphatic heterocycles. The summed E-state index contributed by atoms with van der Waals surface area (Å²) in [6.45, 7) is 0. The Bertz CT molecular complexity index is 231. The van der Waals surface area contributed by atoms with Crippen LogP contribution in [0.25, 0.3) is 0 Å². The van der Waals surface area contributed by atoms with Gasteiger partial charge in [-0.3, -0.25) is 0 Å². The van der Waals surface area contributed by atoms with Crippen LogP contribution in [0.15, 0.2) is 12.4 Å². The van der Waals surface area contributed by atoms with Gasteiger partial charge in [0.15, 0.2) is 0 Å². The molecule has 0 saturated heterocycles. The monoisotopic (exact) mass is 238 g/mol. The van der Waals surface area contributed by atoms with Gasteiger partial charge in [0, 0.05) is 12.2 Å². The molecule has 0 aromatic carbocycles. The first-order chi connectivity index (χ1) is 5.86. The van der Waals surface area contributed by atoms with E-state index in [1.165, 1.54) is 0 Å². The number of halogens is 2. The second kappa shape index (κ2) is 6.22. The molecule has 1 aromatic rings. The predicted octanol–water partition coefficient (Wildman–Crippen LogP) is 1.56. The molecule has 2 rings (SSSR count). The van der Waals surface area contributed by atoms with Crippen LogP contribution >= 0.6 is 24.8 Å². The molecular formula is C8H16Cl2N4. The molecule has 14 heavy (non-hydrogen) atoms. The van der Waals surface area contributed by atoms with Crippen LogP contribution in [-0.2, 0) is 0 Å². The molecule has 1 aromatic heterocycles. The molecule has 0 atom stereocenters. The molecule has 0 bridgehead atoms. The van der Waals surface area contributed by atoms with Crippen molar-refractivity contribution in [3.8, 4) is 0 Å². The Balaban J connectivity index is 0.000000845. The van der Waals surface area contributed by atoms with E-state index in [9.17, 15) is 0 Å². The fraction of sp³-hybridized carbons (Fsp3) is 0.750. The third kappa shape index (κ3) is 3.12. The van der Waals surface area contributed by atoms with Gasteiger partial charge >= 0.3 is 0 Å². The highest BCUT2D eigenvalue weighted by Gasteiger charge is 2.19. The van der Waals surface area contributed by atoms with Crippen molar-refractivity contribution >= 4 is 24.8 Å². The largest absolute Gasteiger partial charge is 0.328 e. The van der Waals surface area contributed by atoms with Gasteiger partial charge in [-0.25, -0.2) is 4.68 Å². The van der Waals surface area contributed by atoms with Gasteiger partial charge in [0.25, 0.3) is 0 Å². The van der Waals surface area contributed by atoms with Crippen molar-refractivity contribution in [2.75, 3.05) is 0 Å². The Morgan fingerprint density at radius 2 is 1.79 bits per heavy atom. The molecule has 1 heterocycles. The van der Waals surface area contributed by atoms with Crippen LogP contribution in [0.3, 0.4) is 0 Å². The smallest absolute Gasteiger partial charge is 0.0693 e. The van der Waals surface area contributed by atoms with E-state index in [2.05, 4.69) is 10.3 Å². The zero-order valence-corrected chi connectivity index (χ0v) is 9.51. The molecule has 1 aliphatic rings. The van der Waals surface area contributed by atoms with Crippen molar-refractivity contribution in [1.29, 1.82) is 0 Å². The van der Waals surface area contributed by atoms with Gasteiger partial charge in [-0.1, -0.05) is 5.21 Å². The molecule has 0 unspecified atom stereocenters. The van der Waals surface area contributed by atoms with Gasteiger partial charge in [-0.05, 0) is 25.7 Å². The maximum atomic E-state index is 5.81. The van der Waals surface area contributed by atoms with E-state index < -0.39 is 0 Å². The highest BCUT2D eigenvalue weighted by molar-refractivity contribution is 5.85. The Hall–Kier alpha value is -0.320.